The van der Waals surface area contributed by atoms with Gasteiger partial charge in [-0.2, -0.15) is 0 Å². The first kappa shape index (κ1) is 17.7. The molecule has 1 rings (SSSR count). The third-order valence-electron chi connectivity index (χ3n) is 3.91. The Morgan fingerprint density at radius 3 is 2.33 bits per heavy atom. The molecular formula is C13H24N2O5S. The number of urea groups is 1. The van der Waals surface area contributed by atoms with Crippen molar-refractivity contribution in [2.24, 2.45) is 0 Å². The highest BCUT2D eigenvalue weighted by Crippen LogP contribution is 2.20. The van der Waals surface area contributed by atoms with Gasteiger partial charge >= 0.3 is 12.0 Å². The molecule has 2 amide bonds. The zero-order valence-corrected chi connectivity index (χ0v) is 13.6. The van der Waals surface area contributed by atoms with Crippen LogP contribution in [0.5, 0.6) is 0 Å². The molecule has 0 bridgehead atoms. The second kappa shape index (κ2) is 7.11. The Morgan fingerprint density at radius 2 is 1.95 bits per heavy atom. The van der Waals surface area contributed by atoms with Crippen LogP contribution >= 0.6 is 0 Å². The highest BCUT2D eigenvalue weighted by Gasteiger charge is 2.37. The van der Waals surface area contributed by atoms with E-state index < -0.39 is 34.4 Å². The minimum atomic E-state index is -3.17. The maximum atomic E-state index is 12.6. The van der Waals surface area contributed by atoms with Crippen molar-refractivity contribution in [2.75, 3.05) is 24.6 Å². The Hall–Kier alpha value is -1.31. The molecule has 1 heterocycles. The number of carboxylic acids is 1. The number of carbonyl (C=O) groups is 2. The fourth-order valence-electron chi connectivity index (χ4n) is 2.54. The van der Waals surface area contributed by atoms with Crippen molar-refractivity contribution < 1.29 is 23.1 Å². The van der Waals surface area contributed by atoms with E-state index in [0.717, 1.165) is 6.42 Å². The van der Waals surface area contributed by atoms with Crippen LogP contribution in [-0.2, 0) is 14.6 Å². The first-order valence-electron chi connectivity index (χ1n) is 7.21. The molecule has 8 heteroatoms. The number of amides is 2. The van der Waals surface area contributed by atoms with Gasteiger partial charge in [0.25, 0.3) is 0 Å². The monoisotopic (exact) mass is 320 g/mol. The molecule has 1 saturated heterocycles. The fourth-order valence-corrected chi connectivity index (χ4v) is 4.27. The van der Waals surface area contributed by atoms with E-state index in [-0.39, 0.29) is 17.5 Å². The summed E-state index contributed by atoms with van der Waals surface area (Å²) in [6, 6.07) is -0.954. The molecular weight excluding hydrogens is 296 g/mol. The summed E-state index contributed by atoms with van der Waals surface area (Å²) in [7, 11) is -3.17. The molecule has 0 spiro atoms. The normalized spacial score (nSPS) is 21.8. The summed E-state index contributed by atoms with van der Waals surface area (Å²) >= 11 is 0. The average Bonchev–Trinajstić information content (AvgIpc) is 2.76. The Kier molecular flexibility index (Phi) is 6.00. The number of nitrogens with zero attached hydrogens (tertiary/aromatic N) is 2. The Morgan fingerprint density at radius 1 is 1.33 bits per heavy atom. The highest BCUT2D eigenvalue weighted by molar-refractivity contribution is 7.91. The summed E-state index contributed by atoms with van der Waals surface area (Å²) in [6.45, 7) is 5.66. The summed E-state index contributed by atoms with van der Waals surface area (Å²) in [5, 5.41) is 9.01. The lowest BCUT2D eigenvalue weighted by Gasteiger charge is -2.35. The van der Waals surface area contributed by atoms with Gasteiger partial charge in [-0.3, -0.25) is 4.79 Å². The maximum Gasteiger partial charge on any atom is 0.323 e. The Balaban J connectivity index is 2.96. The summed E-state index contributed by atoms with van der Waals surface area (Å²) in [5.41, 5.74) is 0. The molecule has 7 nitrogen and oxygen atoms in total. The molecule has 0 aromatic rings. The van der Waals surface area contributed by atoms with E-state index in [0.29, 0.717) is 13.0 Å². The third-order valence-corrected chi connectivity index (χ3v) is 5.66. The van der Waals surface area contributed by atoms with Crippen molar-refractivity contribution in [3.8, 4) is 0 Å². The van der Waals surface area contributed by atoms with Crippen LogP contribution in [0.3, 0.4) is 0 Å². The number of rotatable bonds is 6. The number of sulfone groups is 1. The molecule has 0 saturated carbocycles. The molecule has 2 unspecified atom stereocenters. The standard InChI is InChI=1S/C13H24N2O5S/c1-4-10(3)14(5-2)13(18)15(8-12(16)17)11-6-7-21(19,20)9-11/h10-11H,4-9H2,1-3H3,(H,16,17). The second-order valence-electron chi connectivity index (χ2n) is 5.40. The molecule has 0 radical (unpaired) electrons. The third kappa shape index (κ3) is 4.59. The van der Waals surface area contributed by atoms with Crippen molar-refractivity contribution in [1.82, 2.24) is 9.80 Å². The van der Waals surface area contributed by atoms with Gasteiger partial charge in [-0.1, -0.05) is 6.92 Å². The molecule has 1 aliphatic rings. The van der Waals surface area contributed by atoms with E-state index in [4.69, 9.17) is 5.11 Å². The predicted octanol–water partition coefficient (Wildman–Crippen LogP) is 0.801. The van der Waals surface area contributed by atoms with Crippen LogP contribution in [-0.4, -0.2) is 72.0 Å². The Labute approximate surface area is 125 Å². The minimum Gasteiger partial charge on any atom is -0.480 e. The van der Waals surface area contributed by atoms with Crippen LogP contribution in [0.4, 0.5) is 4.79 Å². The van der Waals surface area contributed by atoms with Gasteiger partial charge in [0, 0.05) is 18.6 Å². The zero-order chi connectivity index (χ0) is 16.2. The predicted molar refractivity (Wildman–Crippen MR) is 78.9 cm³/mol. The molecule has 2 atom stereocenters. The lowest BCUT2D eigenvalue weighted by atomic mass is 10.2. The lowest BCUT2D eigenvalue weighted by molar-refractivity contribution is -0.138. The molecule has 0 aromatic heterocycles. The van der Waals surface area contributed by atoms with Crippen LogP contribution < -0.4 is 0 Å². The van der Waals surface area contributed by atoms with Gasteiger partial charge < -0.3 is 14.9 Å². The molecule has 1 fully saturated rings. The van der Waals surface area contributed by atoms with E-state index >= 15 is 0 Å². The van der Waals surface area contributed by atoms with E-state index in [9.17, 15) is 18.0 Å². The van der Waals surface area contributed by atoms with E-state index in [2.05, 4.69) is 0 Å². The number of carbonyl (C=O) groups excluding carboxylic acids is 1. The minimum absolute atomic E-state index is 0.0104. The molecule has 0 aromatic carbocycles. The quantitative estimate of drug-likeness (QED) is 0.781. The summed E-state index contributed by atoms with van der Waals surface area (Å²) in [4.78, 5) is 26.4. The lowest BCUT2D eigenvalue weighted by Crippen LogP contribution is -2.52. The number of aliphatic carboxylic acids is 1. The van der Waals surface area contributed by atoms with Crippen molar-refractivity contribution in [1.29, 1.82) is 0 Å². The maximum absolute atomic E-state index is 12.6. The fraction of sp³-hybridized carbons (Fsp3) is 0.846. The number of hydrogen-bond acceptors (Lipinski definition) is 4. The van der Waals surface area contributed by atoms with Gasteiger partial charge in [-0.25, -0.2) is 13.2 Å². The van der Waals surface area contributed by atoms with Gasteiger partial charge in [0.1, 0.15) is 6.54 Å². The average molecular weight is 320 g/mol. The van der Waals surface area contributed by atoms with Gasteiger partial charge in [0.05, 0.1) is 11.5 Å². The van der Waals surface area contributed by atoms with Crippen LogP contribution in [0.2, 0.25) is 0 Å². The molecule has 1 N–H and O–H groups in total. The molecule has 21 heavy (non-hydrogen) atoms. The van der Waals surface area contributed by atoms with E-state index in [1.54, 1.807) is 4.90 Å². The van der Waals surface area contributed by atoms with Crippen LogP contribution in [0, 0.1) is 0 Å². The Bertz CT molecular complexity index is 491. The summed E-state index contributed by atoms with van der Waals surface area (Å²) in [5.74, 6) is -1.27. The first-order valence-corrected chi connectivity index (χ1v) is 9.03. The van der Waals surface area contributed by atoms with Gasteiger partial charge in [-0.15, -0.1) is 0 Å². The van der Waals surface area contributed by atoms with Gasteiger partial charge in [0.2, 0.25) is 0 Å². The summed E-state index contributed by atoms with van der Waals surface area (Å²) in [6.07, 6.45) is 1.06. The topological polar surface area (TPSA) is 95.0 Å². The molecule has 122 valence electrons. The largest absolute Gasteiger partial charge is 0.480 e. The smallest absolute Gasteiger partial charge is 0.323 e. The SMILES string of the molecule is CCC(C)N(CC)C(=O)N(CC(=O)O)C1CCS(=O)(=O)C1. The van der Waals surface area contributed by atoms with Crippen LogP contribution in [0.15, 0.2) is 0 Å². The van der Waals surface area contributed by atoms with Crippen LogP contribution in [0.1, 0.15) is 33.6 Å². The van der Waals surface area contributed by atoms with E-state index in [1.807, 2.05) is 20.8 Å². The van der Waals surface area contributed by atoms with Crippen molar-refractivity contribution in [2.45, 2.75) is 45.7 Å². The van der Waals surface area contributed by atoms with E-state index in [1.165, 1.54) is 4.90 Å². The zero-order valence-electron chi connectivity index (χ0n) is 12.8. The van der Waals surface area contributed by atoms with Crippen molar-refractivity contribution >= 4 is 21.8 Å². The number of hydrogen-bond donors (Lipinski definition) is 1. The number of carboxylic acid groups (broad SMARTS) is 1. The van der Waals surface area contributed by atoms with Crippen molar-refractivity contribution in [3.63, 3.8) is 0 Å². The highest BCUT2D eigenvalue weighted by atomic mass is 32.2. The van der Waals surface area contributed by atoms with Gasteiger partial charge in [0.15, 0.2) is 9.84 Å². The summed E-state index contributed by atoms with van der Waals surface area (Å²) < 4.78 is 23.2. The van der Waals surface area contributed by atoms with Crippen LogP contribution in [0.25, 0.3) is 0 Å². The second-order valence-corrected chi connectivity index (χ2v) is 7.63. The van der Waals surface area contributed by atoms with Crippen molar-refractivity contribution in [3.05, 3.63) is 0 Å². The molecule has 0 aliphatic carbocycles. The molecule has 1 aliphatic heterocycles. The van der Waals surface area contributed by atoms with Gasteiger partial charge in [-0.05, 0) is 26.7 Å². The first-order chi connectivity index (χ1) is 9.71.